The highest BCUT2D eigenvalue weighted by atomic mass is 127. The maximum Gasteiger partial charge on any atom is 0.191 e. The Morgan fingerprint density at radius 3 is 2.31 bits per heavy atom. The smallest absolute Gasteiger partial charge is 0.191 e. The molecule has 26 heavy (non-hydrogen) atoms. The van der Waals surface area contributed by atoms with Crippen molar-refractivity contribution in [3.63, 3.8) is 0 Å². The number of guanidine groups is 1. The summed E-state index contributed by atoms with van der Waals surface area (Å²) in [6, 6.07) is 0. The van der Waals surface area contributed by atoms with Gasteiger partial charge in [0.05, 0.1) is 15.7 Å². The first-order valence-electron chi connectivity index (χ1n) is 8.75. The average molecular weight is 508 g/mol. The Morgan fingerprint density at radius 1 is 1.15 bits per heavy atom. The van der Waals surface area contributed by atoms with E-state index >= 15 is 0 Å². The normalized spacial score (nSPS) is 12.0. The maximum atomic E-state index is 4.73. The lowest BCUT2D eigenvalue weighted by molar-refractivity contribution is 0.570. The van der Waals surface area contributed by atoms with Gasteiger partial charge in [-0.2, -0.15) is 0 Å². The number of aliphatic imine (C=N–C) groups is 1. The number of aromatic nitrogens is 2. The van der Waals surface area contributed by atoms with Crippen LogP contribution in [-0.4, -0.2) is 36.1 Å². The zero-order valence-electron chi connectivity index (χ0n) is 16.3. The molecule has 0 unspecified atom stereocenters. The van der Waals surface area contributed by atoms with Crippen LogP contribution in [0.5, 0.6) is 0 Å². The first kappa shape index (κ1) is 23.3. The molecule has 0 saturated carbocycles. The highest BCUT2D eigenvalue weighted by molar-refractivity contribution is 14.0. The number of nitrogens with one attached hydrogen (secondary N) is 2. The summed E-state index contributed by atoms with van der Waals surface area (Å²) in [5.74, 6) is 0.833. The molecule has 0 bridgehead atoms. The van der Waals surface area contributed by atoms with Crippen molar-refractivity contribution in [2.45, 2.75) is 52.4 Å². The van der Waals surface area contributed by atoms with Gasteiger partial charge in [-0.05, 0) is 6.42 Å². The highest BCUT2D eigenvalue weighted by Gasteiger charge is 2.17. The van der Waals surface area contributed by atoms with Gasteiger partial charge in [-0.25, -0.2) is 9.97 Å². The summed E-state index contributed by atoms with van der Waals surface area (Å²) in [6.07, 6.45) is 4.87. The summed E-state index contributed by atoms with van der Waals surface area (Å²) in [5, 5.41) is 11.2. The molecule has 0 spiro atoms. The van der Waals surface area contributed by atoms with Crippen molar-refractivity contribution >= 4 is 52.6 Å². The summed E-state index contributed by atoms with van der Waals surface area (Å²) < 4.78 is 0. The lowest BCUT2D eigenvalue weighted by Gasteiger charge is -2.14. The van der Waals surface area contributed by atoms with Gasteiger partial charge in [0.1, 0.15) is 0 Å². The largest absolute Gasteiger partial charge is 0.356 e. The van der Waals surface area contributed by atoms with E-state index in [1.165, 1.54) is 20.6 Å². The molecule has 8 heteroatoms. The second-order valence-corrected chi connectivity index (χ2v) is 9.02. The fourth-order valence-electron chi connectivity index (χ4n) is 2.19. The molecule has 146 valence electrons. The van der Waals surface area contributed by atoms with Gasteiger partial charge in [0.25, 0.3) is 0 Å². The molecule has 0 aliphatic carbocycles. The number of rotatable bonds is 7. The number of hydrogen-bond acceptors (Lipinski definition) is 5. The number of aryl methyl sites for hydroxylation is 1. The van der Waals surface area contributed by atoms with Crippen molar-refractivity contribution in [3.8, 4) is 0 Å². The Morgan fingerprint density at radius 2 is 1.81 bits per heavy atom. The predicted molar refractivity (Wildman–Crippen MR) is 124 cm³/mol. The third-order valence-electron chi connectivity index (χ3n) is 3.76. The van der Waals surface area contributed by atoms with Gasteiger partial charge >= 0.3 is 0 Å². The van der Waals surface area contributed by atoms with Gasteiger partial charge in [0, 0.05) is 54.8 Å². The average Bonchev–Trinajstić information content (AvgIpc) is 3.22. The third-order valence-corrected chi connectivity index (χ3v) is 5.87. The molecule has 0 aliphatic rings. The molecule has 2 aromatic rings. The number of nitrogens with zero attached hydrogens (tertiary/aromatic N) is 3. The minimum atomic E-state index is 0. The summed E-state index contributed by atoms with van der Waals surface area (Å²) >= 11 is 3.53. The minimum Gasteiger partial charge on any atom is -0.356 e. The highest BCUT2D eigenvalue weighted by Crippen LogP contribution is 2.23. The maximum absolute atomic E-state index is 4.73. The SMILES string of the molecule is CCc1cnc(CCNC(=NC)NCCc2nc(C(C)(C)C)cs2)s1.I. The zero-order valence-corrected chi connectivity index (χ0v) is 20.2. The topological polar surface area (TPSA) is 62.2 Å². The van der Waals surface area contributed by atoms with Crippen molar-refractivity contribution in [1.82, 2.24) is 20.6 Å². The molecule has 0 saturated heterocycles. The monoisotopic (exact) mass is 507 g/mol. The Bertz CT molecular complexity index is 688. The Labute approximate surface area is 182 Å². The Kier molecular flexibility index (Phi) is 10.0. The van der Waals surface area contributed by atoms with E-state index in [0.717, 1.165) is 38.3 Å². The van der Waals surface area contributed by atoms with E-state index in [2.05, 4.69) is 53.7 Å². The molecule has 2 rings (SSSR count). The standard InChI is InChI=1S/C18H29N5S2.HI/c1-6-13-11-22-15(25-13)7-9-20-17(19-5)21-10-8-16-23-14(12-24-16)18(2,3)4;/h11-12H,6-10H2,1-5H3,(H2,19,20,21);1H. The van der Waals surface area contributed by atoms with Crippen LogP contribution in [0.4, 0.5) is 0 Å². The fourth-order valence-corrected chi connectivity index (χ4v) is 4.08. The van der Waals surface area contributed by atoms with Crippen molar-refractivity contribution in [2.24, 2.45) is 4.99 Å². The van der Waals surface area contributed by atoms with Crippen molar-refractivity contribution in [1.29, 1.82) is 0 Å². The van der Waals surface area contributed by atoms with E-state index in [9.17, 15) is 0 Å². The van der Waals surface area contributed by atoms with Gasteiger partial charge in [0.2, 0.25) is 0 Å². The van der Waals surface area contributed by atoms with E-state index in [1.54, 1.807) is 29.7 Å². The van der Waals surface area contributed by atoms with E-state index in [4.69, 9.17) is 4.98 Å². The molecule has 0 amide bonds. The van der Waals surface area contributed by atoms with E-state index in [0.29, 0.717) is 0 Å². The van der Waals surface area contributed by atoms with Crippen LogP contribution in [0.3, 0.4) is 0 Å². The van der Waals surface area contributed by atoms with Crippen molar-refractivity contribution in [2.75, 3.05) is 20.1 Å². The fraction of sp³-hybridized carbons (Fsp3) is 0.611. The molecular formula is C18H30IN5S2. The van der Waals surface area contributed by atoms with Gasteiger partial charge < -0.3 is 10.6 Å². The molecule has 0 atom stereocenters. The van der Waals surface area contributed by atoms with Gasteiger partial charge in [-0.1, -0.05) is 27.7 Å². The van der Waals surface area contributed by atoms with Crippen LogP contribution in [0.25, 0.3) is 0 Å². The molecule has 2 N–H and O–H groups in total. The molecule has 2 heterocycles. The summed E-state index contributed by atoms with van der Waals surface area (Å²) in [5.41, 5.74) is 1.29. The van der Waals surface area contributed by atoms with Gasteiger partial charge in [-0.15, -0.1) is 46.7 Å². The number of hydrogen-bond donors (Lipinski definition) is 2. The van der Waals surface area contributed by atoms with Crippen LogP contribution >= 0.6 is 46.7 Å². The first-order valence-corrected chi connectivity index (χ1v) is 10.4. The molecule has 5 nitrogen and oxygen atoms in total. The summed E-state index contributed by atoms with van der Waals surface area (Å²) in [4.78, 5) is 14.8. The van der Waals surface area contributed by atoms with Crippen LogP contribution in [0.1, 0.15) is 48.3 Å². The minimum absolute atomic E-state index is 0. The summed E-state index contributed by atoms with van der Waals surface area (Å²) in [7, 11) is 1.80. The Hall–Kier alpha value is -0.740. The second-order valence-electron chi connectivity index (χ2n) is 6.88. The second kappa shape index (κ2) is 11.2. The van der Waals surface area contributed by atoms with Crippen LogP contribution < -0.4 is 10.6 Å². The van der Waals surface area contributed by atoms with E-state index < -0.39 is 0 Å². The molecule has 2 aromatic heterocycles. The van der Waals surface area contributed by atoms with Crippen LogP contribution in [-0.2, 0) is 24.7 Å². The molecule has 0 radical (unpaired) electrons. The molecule has 0 aliphatic heterocycles. The zero-order chi connectivity index (χ0) is 18.3. The Balaban J connectivity index is 0.00000338. The first-order chi connectivity index (χ1) is 11.9. The third kappa shape index (κ3) is 7.48. The van der Waals surface area contributed by atoms with E-state index in [1.807, 2.05) is 6.20 Å². The van der Waals surface area contributed by atoms with Crippen molar-refractivity contribution < 1.29 is 0 Å². The quantitative estimate of drug-likeness (QED) is 0.338. The van der Waals surface area contributed by atoms with Crippen LogP contribution in [0, 0.1) is 0 Å². The van der Waals surface area contributed by atoms with Crippen LogP contribution in [0.2, 0.25) is 0 Å². The number of thiazole rings is 2. The molecule has 0 aromatic carbocycles. The van der Waals surface area contributed by atoms with E-state index in [-0.39, 0.29) is 29.4 Å². The van der Waals surface area contributed by atoms with Crippen molar-refractivity contribution in [3.05, 3.63) is 32.2 Å². The molecular weight excluding hydrogens is 477 g/mol. The van der Waals surface area contributed by atoms with Gasteiger partial charge in [0.15, 0.2) is 5.96 Å². The predicted octanol–water partition coefficient (Wildman–Crippen LogP) is 4.03. The molecule has 0 fully saturated rings. The lowest BCUT2D eigenvalue weighted by atomic mass is 9.93. The lowest BCUT2D eigenvalue weighted by Crippen LogP contribution is -2.39. The number of halogens is 1. The van der Waals surface area contributed by atoms with Crippen LogP contribution in [0.15, 0.2) is 16.6 Å². The van der Waals surface area contributed by atoms with Gasteiger partial charge in [-0.3, -0.25) is 4.99 Å². The summed E-state index contributed by atoms with van der Waals surface area (Å²) in [6.45, 7) is 10.4.